The Morgan fingerprint density at radius 2 is 1.52 bits per heavy atom. The van der Waals surface area contributed by atoms with E-state index in [1.165, 1.54) is 0 Å². The molecule has 0 saturated carbocycles. The molecule has 0 fully saturated rings. The average molecular weight is 331 g/mol. The van der Waals surface area contributed by atoms with E-state index in [2.05, 4.69) is 5.32 Å². The molecule has 0 saturated heterocycles. The molecule has 3 N–H and O–H groups in total. The van der Waals surface area contributed by atoms with Gasteiger partial charge in [0.2, 0.25) is 5.91 Å². The van der Waals surface area contributed by atoms with E-state index in [0.717, 1.165) is 27.9 Å². The normalized spacial score (nSPS) is 18.7. The van der Waals surface area contributed by atoms with E-state index < -0.39 is 5.41 Å². The molecule has 0 spiro atoms. The van der Waals surface area contributed by atoms with Crippen LogP contribution in [0.15, 0.2) is 66.7 Å². The Morgan fingerprint density at radius 1 is 0.840 bits per heavy atom. The van der Waals surface area contributed by atoms with Crippen molar-refractivity contribution in [2.45, 2.75) is 12.3 Å². The molecular weight excluding hydrogens is 314 g/mol. The predicted octanol–water partition coefficient (Wildman–Crippen LogP) is 3.69. The van der Waals surface area contributed by atoms with E-state index in [-0.39, 0.29) is 17.4 Å². The van der Waals surface area contributed by atoms with Gasteiger partial charge in [-0.1, -0.05) is 36.4 Å². The molecule has 0 aliphatic carbocycles. The first-order valence-electron chi connectivity index (χ1n) is 8.04. The zero-order valence-electron chi connectivity index (χ0n) is 13.7. The monoisotopic (exact) mass is 331 g/mol. The van der Waals surface area contributed by atoms with Crippen LogP contribution in [0.5, 0.6) is 11.5 Å². The molecule has 4 rings (SSSR count). The highest BCUT2D eigenvalue weighted by atomic mass is 16.3. The highest BCUT2D eigenvalue weighted by Gasteiger charge is 2.50. The fraction of sp³-hybridized carbons (Fsp3) is 0.0952. The van der Waals surface area contributed by atoms with Gasteiger partial charge in [-0.15, -0.1) is 0 Å². The second kappa shape index (κ2) is 5.38. The Bertz CT molecular complexity index is 979. The van der Waals surface area contributed by atoms with Crippen molar-refractivity contribution in [2.75, 3.05) is 5.32 Å². The van der Waals surface area contributed by atoms with Crippen LogP contribution >= 0.6 is 0 Å². The Labute approximate surface area is 145 Å². The smallest absolute Gasteiger partial charge is 0.244 e. The van der Waals surface area contributed by atoms with Gasteiger partial charge in [0.15, 0.2) is 0 Å². The van der Waals surface area contributed by atoms with E-state index in [0.29, 0.717) is 0 Å². The summed E-state index contributed by atoms with van der Waals surface area (Å²) in [6.45, 7) is 1.88. The average Bonchev–Trinajstić information content (AvgIpc) is 2.88. The lowest BCUT2D eigenvalue weighted by molar-refractivity contribution is -0.118. The standard InChI is InChI=1S/C21H17NO3/c1-13-12-16(24)10-11-17(13)21(14-6-8-15(23)9-7-14)18-4-2-3-5-19(18)22-20(21)25/h2-12,23-24H,1H3,(H,22,25). The van der Waals surface area contributed by atoms with Gasteiger partial charge < -0.3 is 15.5 Å². The summed E-state index contributed by atoms with van der Waals surface area (Å²) in [5, 5.41) is 22.4. The number of phenols is 2. The van der Waals surface area contributed by atoms with Gasteiger partial charge in [-0.25, -0.2) is 0 Å². The molecule has 25 heavy (non-hydrogen) atoms. The first kappa shape index (κ1) is 15.3. The molecule has 1 atom stereocenters. The van der Waals surface area contributed by atoms with Gasteiger partial charge in [-0.3, -0.25) is 4.79 Å². The third-order valence-corrected chi connectivity index (χ3v) is 4.83. The van der Waals surface area contributed by atoms with E-state index in [1.807, 2.05) is 31.2 Å². The van der Waals surface area contributed by atoms with Crippen LogP contribution in [0.25, 0.3) is 0 Å². The summed E-state index contributed by atoms with van der Waals surface area (Å²) in [6, 6.07) is 19.4. The van der Waals surface area contributed by atoms with Crippen molar-refractivity contribution in [3.63, 3.8) is 0 Å². The Hall–Kier alpha value is -3.27. The number of aromatic hydroxyl groups is 2. The molecule has 1 aliphatic rings. The molecule has 3 aromatic carbocycles. The summed E-state index contributed by atoms with van der Waals surface area (Å²) in [6.07, 6.45) is 0. The van der Waals surface area contributed by atoms with Gasteiger partial charge >= 0.3 is 0 Å². The number of aryl methyl sites for hydroxylation is 1. The van der Waals surface area contributed by atoms with Crippen LogP contribution in [0.4, 0.5) is 5.69 Å². The van der Waals surface area contributed by atoms with Crippen LogP contribution in [0.2, 0.25) is 0 Å². The quantitative estimate of drug-likeness (QED) is 0.671. The van der Waals surface area contributed by atoms with Crippen molar-refractivity contribution in [3.8, 4) is 11.5 Å². The molecule has 4 heteroatoms. The number of anilines is 1. The van der Waals surface area contributed by atoms with Crippen molar-refractivity contribution in [1.82, 2.24) is 0 Å². The number of para-hydroxylation sites is 1. The summed E-state index contributed by atoms with van der Waals surface area (Å²) in [5.41, 5.74) is 3.00. The van der Waals surface area contributed by atoms with E-state index in [9.17, 15) is 15.0 Å². The summed E-state index contributed by atoms with van der Waals surface area (Å²) >= 11 is 0. The number of benzene rings is 3. The third-order valence-electron chi connectivity index (χ3n) is 4.83. The SMILES string of the molecule is Cc1cc(O)ccc1C1(c2ccc(O)cc2)C(=O)Nc2ccccc21. The zero-order chi connectivity index (χ0) is 17.6. The van der Waals surface area contributed by atoms with Crippen LogP contribution in [0.1, 0.15) is 22.3 Å². The summed E-state index contributed by atoms with van der Waals surface area (Å²) in [7, 11) is 0. The van der Waals surface area contributed by atoms with Crippen molar-refractivity contribution in [3.05, 3.63) is 89.0 Å². The minimum atomic E-state index is -1.03. The van der Waals surface area contributed by atoms with Crippen LogP contribution in [0.3, 0.4) is 0 Å². The molecule has 1 heterocycles. The second-order valence-corrected chi connectivity index (χ2v) is 6.30. The molecule has 0 aromatic heterocycles. The van der Waals surface area contributed by atoms with Crippen LogP contribution < -0.4 is 5.32 Å². The molecule has 0 bridgehead atoms. The van der Waals surface area contributed by atoms with Gasteiger partial charge in [0, 0.05) is 11.3 Å². The van der Waals surface area contributed by atoms with Gasteiger partial charge in [-0.2, -0.15) is 0 Å². The van der Waals surface area contributed by atoms with Gasteiger partial charge in [-0.05, 0) is 53.9 Å². The largest absolute Gasteiger partial charge is 0.508 e. The number of phenolic OH excluding ortho intramolecular Hbond substituents is 2. The fourth-order valence-electron chi connectivity index (χ4n) is 3.75. The second-order valence-electron chi connectivity index (χ2n) is 6.30. The maximum absolute atomic E-state index is 13.2. The molecule has 124 valence electrons. The first-order valence-corrected chi connectivity index (χ1v) is 8.04. The van der Waals surface area contributed by atoms with Crippen LogP contribution in [-0.4, -0.2) is 16.1 Å². The lowest BCUT2D eigenvalue weighted by Gasteiger charge is -2.30. The topological polar surface area (TPSA) is 69.6 Å². The maximum atomic E-state index is 13.2. The number of carbonyl (C=O) groups excluding carboxylic acids is 1. The highest BCUT2D eigenvalue weighted by Crippen LogP contribution is 2.49. The Balaban J connectivity index is 2.10. The molecular formula is C21H17NO3. The lowest BCUT2D eigenvalue weighted by Crippen LogP contribution is -2.37. The molecule has 1 unspecified atom stereocenters. The zero-order valence-corrected chi connectivity index (χ0v) is 13.7. The molecule has 4 nitrogen and oxygen atoms in total. The summed E-state index contributed by atoms with van der Waals surface area (Å²) in [5.74, 6) is 0.162. The molecule has 1 amide bonds. The maximum Gasteiger partial charge on any atom is 0.244 e. The number of amides is 1. The minimum absolute atomic E-state index is 0.145. The van der Waals surface area contributed by atoms with Crippen molar-refractivity contribution in [2.24, 2.45) is 0 Å². The van der Waals surface area contributed by atoms with Gasteiger partial charge in [0.25, 0.3) is 0 Å². The molecule has 0 radical (unpaired) electrons. The number of hydrogen-bond acceptors (Lipinski definition) is 3. The summed E-state index contributed by atoms with van der Waals surface area (Å²) in [4.78, 5) is 13.2. The number of rotatable bonds is 2. The van der Waals surface area contributed by atoms with E-state index in [1.54, 1.807) is 42.5 Å². The summed E-state index contributed by atoms with van der Waals surface area (Å²) < 4.78 is 0. The fourth-order valence-corrected chi connectivity index (χ4v) is 3.75. The van der Waals surface area contributed by atoms with E-state index in [4.69, 9.17) is 0 Å². The Morgan fingerprint density at radius 3 is 2.24 bits per heavy atom. The van der Waals surface area contributed by atoms with Gasteiger partial charge in [0.1, 0.15) is 16.9 Å². The number of hydrogen-bond donors (Lipinski definition) is 3. The number of fused-ring (bicyclic) bond motifs is 1. The third kappa shape index (κ3) is 2.11. The van der Waals surface area contributed by atoms with Crippen LogP contribution in [0, 0.1) is 6.92 Å². The lowest BCUT2D eigenvalue weighted by atomic mass is 9.69. The van der Waals surface area contributed by atoms with Crippen molar-refractivity contribution >= 4 is 11.6 Å². The molecule has 3 aromatic rings. The highest BCUT2D eigenvalue weighted by molar-refractivity contribution is 6.11. The van der Waals surface area contributed by atoms with Crippen LogP contribution in [-0.2, 0) is 10.2 Å². The first-order chi connectivity index (χ1) is 12.0. The molecule has 1 aliphatic heterocycles. The van der Waals surface area contributed by atoms with Crippen molar-refractivity contribution in [1.29, 1.82) is 0 Å². The van der Waals surface area contributed by atoms with Gasteiger partial charge in [0.05, 0.1) is 0 Å². The van der Waals surface area contributed by atoms with Crippen molar-refractivity contribution < 1.29 is 15.0 Å². The number of nitrogens with one attached hydrogen (secondary N) is 1. The predicted molar refractivity (Wildman–Crippen MR) is 95.9 cm³/mol. The number of carbonyl (C=O) groups is 1. The van der Waals surface area contributed by atoms with E-state index >= 15 is 0 Å². The minimum Gasteiger partial charge on any atom is -0.508 e. The Kier molecular flexibility index (Phi) is 3.29.